The fourth-order valence-electron chi connectivity index (χ4n) is 4.73. The summed E-state index contributed by atoms with van der Waals surface area (Å²) in [6.07, 6.45) is 3.86. The number of rotatable bonds is 4. The van der Waals surface area contributed by atoms with Crippen LogP contribution >= 0.6 is 0 Å². The van der Waals surface area contributed by atoms with Crippen LogP contribution in [0.25, 0.3) is 21.8 Å². The van der Waals surface area contributed by atoms with Crippen LogP contribution in [0.15, 0.2) is 53.5 Å². The van der Waals surface area contributed by atoms with Crippen molar-refractivity contribution in [3.05, 3.63) is 70.4 Å². The molecule has 1 N–H and O–H groups in total. The number of methoxy groups -OCH3 is 1. The lowest BCUT2D eigenvalue weighted by Gasteiger charge is -2.32. The first-order chi connectivity index (χ1) is 15.5. The highest BCUT2D eigenvalue weighted by molar-refractivity contribution is 5.85. The lowest BCUT2D eigenvalue weighted by atomic mass is 9.89. The maximum Gasteiger partial charge on any atom is 0.261 e. The molecule has 1 fully saturated rings. The van der Waals surface area contributed by atoms with Gasteiger partial charge in [-0.1, -0.05) is 12.1 Å². The van der Waals surface area contributed by atoms with Crippen molar-refractivity contribution in [3.63, 3.8) is 0 Å². The molecule has 32 heavy (non-hydrogen) atoms. The Hall–Kier alpha value is -3.61. The Morgan fingerprint density at radius 3 is 2.72 bits per heavy atom. The number of fused-ring (bicyclic) bond motifs is 2. The largest absolute Gasteiger partial charge is 0.497 e. The van der Waals surface area contributed by atoms with E-state index in [1.807, 2.05) is 35.2 Å². The van der Waals surface area contributed by atoms with Gasteiger partial charge in [-0.25, -0.2) is 4.98 Å². The van der Waals surface area contributed by atoms with E-state index in [9.17, 15) is 9.59 Å². The fraction of sp³-hybridized carbons (Fsp3) is 0.320. The number of aromatic nitrogens is 3. The van der Waals surface area contributed by atoms with E-state index in [4.69, 9.17) is 4.74 Å². The topological polar surface area (TPSA) is 80.2 Å². The number of carbonyl (C=O) groups is 1. The van der Waals surface area contributed by atoms with Gasteiger partial charge in [-0.05, 0) is 61.6 Å². The van der Waals surface area contributed by atoms with Gasteiger partial charge in [0, 0.05) is 30.2 Å². The van der Waals surface area contributed by atoms with Crippen LogP contribution in [0.1, 0.15) is 30.1 Å². The first-order valence-corrected chi connectivity index (χ1v) is 10.9. The van der Waals surface area contributed by atoms with Crippen molar-refractivity contribution in [2.75, 3.05) is 20.2 Å². The fourth-order valence-corrected chi connectivity index (χ4v) is 4.73. The summed E-state index contributed by atoms with van der Waals surface area (Å²) in [5, 5.41) is 1.72. The van der Waals surface area contributed by atoms with Crippen LogP contribution in [0.3, 0.4) is 0 Å². The average molecular weight is 431 g/mol. The second-order valence-corrected chi connectivity index (χ2v) is 8.38. The highest BCUT2D eigenvalue weighted by atomic mass is 16.5. The van der Waals surface area contributed by atoms with Crippen molar-refractivity contribution in [1.82, 2.24) is 19.4 Å². The molecule has 2 aromatic heterocycles. The van der Waals surface area contributed by atoms with Crippen LogP contribution in [0.5, 0.6) is 5.75 Å². The molecule has 0 atom stereocenters. The molecule has 4 aromatic rings. The molecule has 5 rings (SSSR count). The summed E-state index contributed by atoms with van der Waals surface area (Å²) in [6.45, 7) is 3.15. The molecule has 7 heteroatoms. The van der Waals surface area contributed by atoms with Gasteiger partial charge < -0.3 is 14.6 Å². The van der Waals surface area contributed by atoms with E-state index >= 15 is 0 Å². The van der Waals surface area contributed by atoms with E-state index in [2.05, 4.69) is 22.2 Å². The highest BCUT2D eigenvalue weighted by Gasteiger charge is 2.26. The van der Waals surface area contributed by atoms with Gasteiger partial charge in [-0.3, -0.25) is 14.2 Å². The van der Waals surface area contributed by atoms with Gasteiger partial charge in [0.2, 0.25) is 5.91 Å². The number of H-pyrrole nitrogens is 1. The molecule has 1 aliphatic heterocycles. The molecular formula is C25H26N4O3. The summed E-state index contributed by atoms with van der Waals surface area (Å²) in [4.78, 5) is 35.6. The number of aromatic amines is 1. The van der Waals surface area contributed by atoms with Crippen molar-refractivity contribution in [2.45, 2.75) is 32.2 Å². The molecule has 0 unspecified atom stereocenters. The minimum atomic E-state index is -0.163. The van der Waals surface area contributed by atoms with Crippen molar-refractivity contribution >= 4 is 27.7 Å². The van der Waals surface area contributed by atoms with Gasteiger partial charge in [-0.15, -0.1) is 0 Å². The molecule has 1 saturated heterocycles. The maximum atomic E-state index is 13.0. The molecular weight excluding hydrogens is 404 g/mol. The third-order valence-electron chi connectivity index (χ3n) is 6.55. The molecule has 0 spiro atoms. The summed E-state index contributed by atoms with van der Waals surface area (Å²) in [5.74, 6) is 1.75. The Bertz CT molecular complexity index is 1360. The number of nitrogens with zero attached hydrogens (tertiary/aromatic N) is 3. The van der Waals surface area contributed by atoms with Crippen LogP contribution in [-0.2, 0) is 11.3 Å². The van der Waals surface area contributed by atoms with Crippen molar-refractivity contribution in [3.8, 4) is 5.75 Å². The van der Waals surface area contributed by atoms with E-state index in [1.54, 1.807) is 20.1 Å². The number of para-hydroxylation sites is 1. The summed E-state index contributed by atoms with van der Waals surface area (Å²) in [5.41, 5.74) is 2.87. The maximum absolute atomic E-state index is 13.0. The zero-order valence-corrected chi connectivity index (χ0v) is 18.3. The SMILES string of the molecule is COc1ccc2[nH]cc(C3CCN(C(=O)Cn4c(C)nc5ccccc5c4=O)CC3)c2c1. The molecule has 3 heterocycles. The van der Waals surface area contributed by atoms with Gasteiger partial charge in [-0.2, -0.15) is 0 Å². The molecule has 164 valence electrons. The number of carbonyl (C=O) groups excluding carboxylic acids is 1. The van der Waals surface area contributed by atoms with Gasteiger partial charge in [0.05, 0.1) is 18.0 Å². The van der Waals surface area contributed by atoms with E-state index in [-0.39, 0.29) is 18.0 Å². The highest BCUT2D eigenvalue weighted by Crippen LogP contribution is 2.34. The zero-order chi connectivity index (χ0) is 22.2. The average Bonchev–Trinajstić information content (AvgIpc) is 3.25. The number of aryl methyl sites for hydroxylation is 1. The Morgan fingerprint density at radius 1 is 1.16 bits per heavy atom. The molecule has 7 nitrogen and oxygen atoms in total. The first-order valence-electron chi connectivity index (χ1n) is 10.9. The van der Waals surface area contributed by atoms with Crippen molar-refractivity contribution < 1.29 is 9.53 Å². The predicted octanol–water partition coefficient (Wildman–Crippen LogP) is 3.60. The van der Waals surface area contributed by atoms with E-state index < -0.39 is 0 Å². The van der Waals surface area contributed by atoms with Crippen molar-refractivity contribution in [2.24, 2.45) is 0 Å². The van der Waals surface area contributed by atoms with E-state index in [0.29, 0.717) is 35.7 Å². The summed E-state index contributed by atoms with van der Waals surface area (Å²) >= 11 is 0. The minimum Gasteiger partial charge on any atom is -0.497 e. The first kappa shape index (κ1) is 20.3. The quantitative estimate of drug-likeness (QED) is 0.536. The number of benzene rings is 2. The second kappa shape index (κ2) is 8.15. The number of ether oxygens (including phenoxy) is 1. The van der Waals surface area contributed by atoms with Crippen LogP contribution in [0.4, 0.5) is 0 Å². The van der Waals surface area contributed by atoms with Crippen LogP contribution < -0.4 is 10.3 Å². The zero-order valence-electron chi connectivity index (χ0n) is 18.3. The Kier molecular flexibility index (Phi) is 5.17. The third kappa shape index (κ3) is 3.53. The lowest BCUT2D eigenvalue weighted by Crippen LogP contribution is -2.41. The molecule has 0 radical (unpaired) electrons. The monoisotopic (exact) mass is 430 g/mol. The second-order valence-electron chi connectivity index (χ2n) is 8.38. The number of likely N-dealkylation sites (tertiary alicyclic amines) is 1. The van der Waals surface area contributed by atoms with Crippen LogP contribution in [-0.4, -0.2) is 45.5 Å². The van der Waals surface area contributed by atoms with Gasteiger partial charge >= 0.3 is 0 Å². The molecule has 0 bridgehead atoms. The summed E-state index contributed by atoms with van der Waals surface area (Å²) < 4.78 is 6.87. The van der Waals surface area contributed by atoms with Crippen LogP contribution in [0, 0.1) is 6.92 Å². The Morgan fingerprint density at radius 2 is 1.94 bits per heavy atom. The molecule has 0 saturated carbocycles. The third-order valence-corrected chi connectivity index (χ3v) is 6.55. The predicted molar refractivity (Wildman–Crippen MR) is 124 cm³/mol. The molecule has 2 aromatic carbocycles. The molecule has 0 aliphatic carbocycles. The van der Waals surface area contributed by atoms with Gasteiger partial charge in [0.25, 0.3) is 5.56 Å². The van der Waals surface area contributed by atoms with Gasteiger partial charge in [0.15, 0.2) is 0 Å². The van der Waals surface area contributed by atoms with Gasteiger partial charge in [0.1, 0.15) is 18.1 Å². The summed E-state index contributed by atoms with van der Waals surface area (Å²) in [6, 6.07) is 13.3. The smallest absolute Gasteiger partial charge is 0.261 e. The van der Waals surface area contributed by atoms with Crippen molar-refractivity contribution in [1.29, 1.82) is 0 Å². The number of nitrogens with one attached hydrogen (secondary N) is 1. The number of hydrogen-bond acceptors (Lipinski definition) is 4. The number of amides is 1. The lowest BCUT2D eigenvalue weighted by molar-refractivity contribution is -0.133. The number of hydrogen-bond donors (Lipinski definition) is 1. The van der Waals surface area contributed by atoms with E-state index in [0.717, 1.165) is 24.1 Å². The minimum absolute atomic E-state index is 0.0252. The van der Waals surface area contributed by atoms with E-state index in [1.165, 1.54) is 15.5 Å². The summed E-state index contributed by atoms with van der Waals surface area (Å²) in [7, 11) is 1.68. The molecule has 1 aliphatic rings. The number of piperidine rings is 1. The Labute approximate surface area is 185 Å². The van der Waals surface area contributed by atoms with Crippen LogP contribution in [0.2, 0.25) is 0 Å². The normalized spacial score (nSPS) is 14.9. The molecule has 1 amide bonds. The Balaban J connectivity index is 1.30. The standard InChI is InChI=1S/C25H26N4O3/c1-16-27-23-6-4-3-5-19(23)25(31)29(16)15-24(30)28-11-9-17(10-12-28)21-14-26-22-8-7-18(32-2)13-20(21)22/h3-8,13-14,17,26H,9-12,15H2,1-2H3.